The van der Waals surface area contributed by atoms with Crippen LogP contribution in [-0.4, -0.2) is 30.8 Å². The molecule has 0 fully saturated rings. The van der Waals surface area contributed by atoms with E-state index in [0.717, 1.165) is 0 Å². The molecule has 8 heteroatoms. The van der Waals surface area contributed by atoms with Crippen molar-refractivity contribution in [2.24, 2.45) is 11.3 Å². The van der Waals surface area contributed by atoms with Gasteiger partial charge < -0.3 is 5.43 Å². The summed E-state index contributed by atoms with van der Waals surface area (Å²) in [4.78, 5) is 4.03. The maximum atomic E-state index is 12.7. The zero-order chi connectivity index (χ0) is 15.7. The molecule has 0 radical (unpaired) electrons. The van der Waals surface area contributed by atoms with E-state index in [4.69, 9.17) is 5.84 Å². The molecule has 1 heterocycles. The summed E-state index contributed by atoms with van der Waals surface area (Å²) in [5, 5.41) is 0. The average Bonchev–Trinajstić information content (AvgIpc) is 2.35. The van der Waals surface area contributed by atoms with E-state index >= 15 is 0 Å². The lowest BCUT2D eigenvalue weighted by molar-refractivity contribution is 0.216. The lowest BCUT2D eigenvalue weighted by Crippen LogP contribution is -2.43. The SMILES string of the molecule is CC(N(C)S(=O)(=O)c1cc(Br)cnc1NN)C(C)(C)C. The molecule has 0 bridgehead atoms. The van der Waals surface area contributed by atoms with Crippen LogP contribution in [0.3, 0.4) is 0 Å². The van der Waals surface area contributed by atoms with Gasteiger partial charge in [0.05, 0.1) is 0 Å². The second kappa shape index (κ2) is 5.97. The number of nitrogen functional groups attached to an aromatic ring is 1. The molecule has 0 aliphatic rings. The molecule has 1 aromatic rings. The van der Waals surface area contributed by atoms with Crippen LogP contribution in [0.4, 0.5) is 5.82 Å². The third kappa shape index (κ3) is 3.49. The van der Waals surface area contributed by atoms with E-state index in [9.17, 15) is 8.42 Å². The summed E-state index contributed by atoms with van der Waals surface area (Å²) < 4.78 is 27.4. The molecule has 1 atom stereocenters. The molecule has 114 valence electrons. The van der Waals surface area contributed by atoms with Crippen LogP contribution in [0.25, 0.3) is 0 Å². The van der Waals surface area contributed by atoms with Crippen LogP contribution in [0, 0.1) is 5.41 Å². The summed E-state index contributed by atoms with van der Waals surface area (Å²) in [6, 6.07) is 1.31. The lowest BCUT2D eigenvalue weighted by Gasteiger charge is -2.34. The van der Waals surface area contributed by atoms with Crippen molar-refractivity contribution in [3.63, 3.8) is 0 Å². The highest BCUT2D eigenvalue weighted by atomic mass is 79.9. The molecule has 6 nitrogen and oxygen atoms in total. The van der Waals surface area contributed by atoms with Crippen molar-refractivity contribution in [1.29, 1.82) is 0 Å². The molecule has 0 aliphatic heterocycles. The van der Waals surface area contributed by atoms with E-state index in [1.807, 2.05) is 27.7 Å². The van der Waals surface area contributed by atoms with Crippen LogP contribution in [0.15, 0.2) is 21.6 Å². The number of hydrogen-bond acceptors (Lipinski definition) is 5. The van der Waals surface area contributed by atoms with Crippen molar-refractivity contribution < 1.29 is 8.42 Å². The van der Waals surface area contributed by atoms with Crippen LogP contribution in [0.2, 0.25) is 0 Å². The van der Waals surface area contributed by atoms with E-state index in [-0.39, 0.29) is 22.2 Å². The maximum Gasteiger partial charge on any atom is 0.246 e. The third-order valence-electron chi connectivity index (χ3n) is 3.41. The molecular formula is C12H21BrN4O2S. The Labute approximate surface area is 128 Å². The highest BCUT2D eigenvalue weighted by molar-refractivity contribution is 9.10. The van der Waals surface area contributed by atoms with Crippen molar-refractivity contribution >= 4 is 31.8 Å². The first-order valence-corrected chi connectivity index (χ1v) is 8.35. The van der Waals surface area contributed by atoms with Gasteiger partial charge in [-0.05, 0) is 34.3 Å². The van der Waals surface area contributed by atoms with Crippen molar-refractivity contribution in [2.75, 3.05) is 12.5 Å². The van der Waals surface area contributed by atoms with Gasteiger partial charge in [0.15, 0.2) is 5.82 Å². The summed E-state index contributed by atoms with van der Waals surface area (Å²) in [6.07, 6.45) is 1.49. The smallest absolute Gasteiger partial charge is 0.246 e. The van der Waals surface area contributed by atoms with Gasteiger partial charge in [-0.15, -0.1) is 0 Å². The number of nitrogens with one attached hydrogen (secondary N) is 1. The largest absolute Gasteiger partial charge is 0.307 e. The Morgan fingerprint density at radius 2 is 2.00 bits per heavy atom. The van der Waals surface area contributed by atoms with Gasteiger partial charge in [0, 0.05) is 23.8 Å². The second-order valence-corrected chi connectivity index (χ2v) is 8.59. The highest BCUT2D eigenvalue weighted by Crippen LogP contribution is 2.30. The van der Waals surface area contributed by atoms with Crippen LogP contribution in [0.5, 0.6) is 0 Å². The van der Waals surface area contributed by atoms with Crippen molar-refractivity contribution in [3.05, 3.63) is 16.7 Å². The molecule has 20 heavy (non-hydrogen) atoms. The van der Waals surface area contributed by atoms with Gasteiger partial charge in [0.25, 0.3) is 0 Å². The molecule has 0 spiro atoms. The van der Waals surface area contributed by atoms with Gasteiger partial charge in [-0.2, -0.15) is 4.31 Å². The van der Waals surface area contributed by atoms with E-state index in [2.05, 4.69) is 26.3 Å². The molecule has 0 aromatic carbocycles. The molecule has 1 rings (SSSR count). The quantitative estimate of drug-likeness (QED) is 0.631. The van der Waals surface area contributed by atoms with Crippen LogP contribution in [-0.2, 0) is 10.0 Å². The fraction of sp³-hybridized carbons (Fsp3) is 0.583. The summed E-state index contributed by atoms with van der Waals surface area (Å²) in [6.45, 7) is 7.85. The molecule has 0 saturated heterocycles. The van der Waals surface area contributed by atoms with Gasteiger partial charge in [0.2, 0.25) is 10.0 Å². The Morgan fingerprint density at radius 1 is 1.45 bits per heavy atom. The Bertz CT molecular complexity index is 584. The minimum absolute atomic E-state index is 0.0491. The van der Waals surface area contributed by atoms with E-state index < -0.39 is 10.0 Å². The predicted octanol–water partition coefficient (Wildman–Crippen LogP) is 2.18. The number of halogens is 1. The first-order chi connectivity index (χ1) is 9.01. The summed E-state index contributed by atoms with van der Waals surface area (Å²) in [5.74, 6) is 5.47. The molecule has 1 aromatic heterocycles. The van der Waals surface area contributed by atoms with Gasteiger partial charge in [-0.1, -0.05) is 20.8 Å². The number of sulfonamides is 1. The number of aromatic nitrogens is 1. The van der Waals surface area contributed by atoms with Gasteiger partial charge in [-0.25, -0.2) is 19.2 Å². The fourth-order valence-corrected chi connectivity index (χ4v) is 3.79. The summed E-state index contributed by atoms with van der Waals surface area (Å²) in [5.41, 5.74) is 2.14. The van der Waals surface area contributed by atoms with E-state index in [0.29, 0.717) is 4.47 Å². The number of anilines is 1. The molecule has 0 saturated carbocycles. The third-order valence-corrected chi connectivity index (χ3v) is 5.79. The normalized spacial score (nSPS) is 14.4. The number of nitrogens with zero attached hydrogens (tertiary/aromatic N) is 2. The maximum absolute atomic E-state index is 12.7. The molecule has 1 unspecified atom stereocenters. The Kier molecular flexibility index (Phi) is 5.18. The Balaban J connectivity index is 3.34. The lowest BCUT2D eigenvalue weighted by atomic mass is 9.88. The first-order valence-electron chi connectivity index (χ1n) is 6.12. The highest BCUT2D eigenvalue weighted by Gasteiger charge is 2.34. The molecule has 0 aliphatic carbocycles. The number of hydrogen-bond donors (Lipinski definition) is 2. The van der Waals surface area contributed by atoms with Gasteiger partial charge >= 0.3 is 0 Å². The molecular weight excluding hydrogens is 344 g/mol. The van der Waals surface area contributed by atoms with Crippen LogP contribution >= 0.6 is 15.9 Å². The number of nitrogens with two attached hydrogens (primary N) is 1. The summed E-state index contributed by atoms with van der Waals surface area (Å²) in [7, 11) is -2.13. The number of rotatable bonds is 4. The van der Waals surface area contributed by atoms with Crippen molar-refractivity contribution in [2.45, 2.75) is 38.6 Å². The zero-order valence-electron chi connectivity index (χ0n) is 12.3. The first kappa shape index (κ1) is 17.4. The standard InChI is InChI=1S/C12H21BrN4O2S/c1-8(12(2,3)4)17(5)20(18,19)10-6-9(13)7-15-11(10)16-14/h6-8H,14H2,1-5H3,(H,15,16). The second-order valence-electron chi connectivity index (χ2n) is 5.71. The Morgan fingerprint density at radius 3 is 2.45 bits per heavy atom. The average molecular weight is 365 g/mol. The molecule has 3 N–H and O–H groups in total. The Hall–Kier alpha value is -0.700. The minimum Gasteiger partial charge on any atom is -0.307 e. The molecule has 0 amide bonds. The van der Waals surface area contributed by atoms with E-state index in [1.165, 1.54) is 16.6 Å². The van der Waals surface area contributed by atoms with Crippen LogP contribution < -0.4 is 11.3 Å². The van der Waals surface area contributed by atoms with E-state index in [1.54, 1.807) is 7.05 Å². The van der Waals surface area contributed by atoms with Crippen molar-refractivity contribution in [3.8, 4) is 0 Å². The minimum atomic E-state index is -3.69. The fourth-order valence-electron chi connectivity index (χ4n) is 1.63. The predicted molar refractivity (Wildman–Crippen MR) is 83.6 cm³/mol. The number of pyridine rings is 1. The summed E-state index contributed by atoms with van der Waals surface area (Å²) >= 11 is 3.23. The topological polar surface area (TPSA) is 88.3 Å². The monoisotopic (exact) mass is 364 g/mol. The van der Waals surface area contributed by atoms with Gasteiger partial charge in [-0.3, -0.25) is 0 Å². The number of hydrazine groups is 1. The van der Waals surface area contributed by atoms with Gasteiger partial charge in [0.1, 0.15) is 4.90 Å². The van der Waals surface area contributed by atoms with Crippen molar-refractivity contribution in [1.82, 2.24) is 9.29 Å². The van der Waals surface area contributed by atoms with Crippen LogP contribution in [0.1, 0.15) is 27.7 Å². The zero-order valence-corrected chi connectivity index (χ0v) is 14.7.